The lowest BCUT2D eigenvalue weighted by atomic mass is 10.3. The van der Waals surface area contributed by atoms with E-state index in [1.807, 2.05) is 0 Å². The van der Waals surface area contributed by atoms with Gasteiger partial charge in [-0.3, -0.25) is 4.79 Å². The van der Waals surface area contributed by atoms with Crippen molar-refractivity contribution >= 4 is 5.91 Å². The number of carbonyl (C=O) groups excluding carboxylic acids is 1. The van der Waals surface area contributed by atoms with Gasteiger partial charge in [-0.1, -0.05) is 0 Å². The van der Waals surface area contributed by atoms with E-state index >= 15 is 0 Å². The van der Waals surface area contributed by atoms with Crippen molar-refractivity contribution in [3.63, 3.8) is 0 Å². The lowest BCUT2D eigenvalue weighted by molar-refractivity contribution is -0.121. The molecule has 15 heavy (non-hydrogen) atoms. The number of methoxy groups -OCH3 is 1. The second-order valence-corrected chi connectivity index (χ2v) is 4.04. The number of hydrogen-bond donors (Lipinski definition) is 2. The Kier molecular flexibility index (Phi) is 6.36. The highest BCUT2D eigenvalue weighted by molar-refractivity contribution is 5.76. The smallest absolute Gasteiger partial charge is 0.220 e. The zero-order valence-electron chi connectivity index (χ0n) is 9.55. The van der Waals surface area contributed by atoms with Crippen LogP contribution in [0.15, 0.2) is 0 Å². The van der Waals surface area contributed by atoms with Crippen LogP contribution in [0.1, 0.15) is 32.1 Å². The topological polar surface area (TPSA) is 50.4 Å². The van der Waals surface area contributed by atoms with Crippen molar-refractivity contribution in [3.05, 3.63) is 0 Å². The van der Waals surface area contributed by atoms with E-state index in [1.54, 1.807) is 7.11 Å². The van der Waals surface area contributed by atoms with Crippen LogP contribution >= 0.6 is 0 Å². The predicted octanol–water partition coefficient (Wildman–Crippen LogP) is 0.671. The molecule has 0 spiro atoms. The average molecular weight is 214 g/mol. The molecule has 1 saturated carbocycles. The van der Waals surface area contributed by atoms with Gasteiger partial charge < -0.3 is 15.4 Å². The maximum absolute atomic E-state index is 11.3. The maximum atomic E-state index is 11.3. The monoisotopic (exact) mass is 214 g/mol. The normalized spacial score (nSPS) is 15.3. The van der Waals surface area contributed by atoms with Crippen LogP contribution in [0.25, 0.3) is 0 Å². The van der Waals surface area contributed by atoms with Crippen LogP contribution in [0, 0.1) is 0 Å². The van der Waals surface area contributed by atoms with E-state index in [1.165, 1.54) is 12.8 Å². The first-order chi connectivity index (χ1) is 7.33. The Morgan fingerprint density at radius 3 is 2.73 bits per heavy atom. The van der Waals surface area contributed by atoms with Crippen LogP contribution in [0.2, 0.25) is 0 Å². The standard InChI is InChI=1S/C11H22N2O2/c1-15-9-3-8-12-7-2-4-11(14)13-10-5-6-10/h10,12H,2-9H2,1H3,(H,13,14). The molecule has 0 radical (unpaired) electrons. The van der Waals surface area contributed by atoms with E-state index < -0.39 is 0 Å². The highest BCUT2D eigenvalue weighted by atomic mass is 16.5. The summed E-state index contributed by atoms with van der Waals surface area (Å²) in [4.78, 5) is 11.3. The molecule has 0 atom stereocenters. The van der Waals surface area contributed by atoms with E-state index in [0.717, 1.165) is 32.5 Å². The molecule has 0 aliphatic heterocycles. The quantitative estimate of drug-likeness (QED) is 0.555. The number of hydrogen-bond acceptors (Lipinski definition) is 3. The Balaban J connectivity index is 1.77. The van der Waals surface area contributed by atoms with Crippen molar-refractivity contribution in [2.75, 3.05) is 26.8 Å². The molecule has 0 aromatic heterocycles. The average Bonchev–Trinajstić information content (AvgIpc) is 3.00. The maximum Gasteiger partial charge on any atom is 0.220 e. The van der Waals surface area contributed by atoms with Gasteiger partial charge in [0.1, 0.15) is 0 Å². The zero-order valence-corrected chi connectivity index (χ0v) is 9.55. The van der Waals surface area contributed by atoms with E-state index in [4.69, 9.17) is 4.74 Å². The molecule has 1 rings (SSSR count). The summed E-state index contributed by atoms with van der Waals surface area (Å²) in [7, 11) is 1.71. The van der Waals surface area contributed by atoms with Crippen molar-refractivity contribution < 1.29 is 9.53 Å². The third-order valence-electron chi connectivity index (χ3n) is 2.40. The van der Waals surface area contributed by atoms with Gasteiger partial charge >= 0.3 is 0 Å². The van der Waals surface area contributed by atoms with Crippen LogP contribution in [-0.2, 0) is 9.53 Å². The molecular formula is C11H22N2O2. The minimum atomic E-state index is 0.205. The van der Waals surface area contributed by atoms with Gasteiger partial charge in [0, 0.05) is 26.2 Å². The molecule has 2 N–H and O–H groups in total. The van der Waals surface area contributed by atoms with Gasteiger partial charge in [-0.25, -0.2) is 0 Å². The first-order valence-corrected chi connectivity index (χ1v) is 5.82. The van der Waals surface area contributed by atoms with Gasteiger partial charge in [0.15, 0.2) is 0 Å². The molecule has 1 fully saturated rings. The molecule has 0 saturated heterocycles. The van der Waals surface area contributed by atoms with Crippen LogP contribution < -0.4 is 10.6 Å². The van der Waals surface area contributed by atoms with E-state index in [-0.39, 0.29) is 5.91 Å². The highest BCUT2D eigenvalue weighted by Crippen LogP contribution is 2.18. The molecule has 0 aromatic carbocycles. The molecule has 1 aliphatic carbocycles. The molecule has 0 bridgehead atoms. The zero-order chi connectivity index (χ0) is 10.9. The Morgan fingerprint density at radius 2 is 2.07 bits per heavy atom. The van der Waals surface area contributed by atoms with Crippen molar-refractivity contribution in [3.8, 4) is 0 Å². The van der Waals surface area contributed by atoms with Gasteiger partial charge in [0.25, 0.3) is 0 Å². The molecule has 0 unspecified atom stereocenters. The number of carbonyl (C=O) groups is 1. The molecule has 1 aliphatic rings. The van der Waals surface area contributed by atoms with Crippen LogP contribution in [-0.4, -0.2) is 38.8 Å². The number of ether oxygens (including phenoxy) is 1. The summed E-state index contributed by atoms with van der Waals surface area (Å²) in [5.41, 5.74) is 0. The fraction of sp³-hybridized carbons (Fsp3) is 0.909. The van der Waals surface area contributed by atoms with Gasteiger partial charge in [-0.05, 0) is 38.8 Å². The summed E-state index contributed by atoms with van der Waals surface area (Å²) in [5, 5.41) is 6.26. The second-order valence-electron chi connectivity index (χ2n) is 4.04. The Hall–Kier alpha value is -0.610. The van der Waals surface area contributed by atoms with Gasteiger partial charge in [0.05, 0.1) is 0 Å². The third kappa shape index (κ3) is 7.33. The summed E-state index contributed by atoms with van der Waals surface area (Å²) in [5.74, 6) is 0.205. The molecular weight excluding hydrogens is 192 g/mol. The number of nitrogens with one attached hydrogen (secondary N) is 2. The largest absolute Gasteiger partial charge is 0.385 e. The molecule has 0 aromatic rings. The fourth-order valence-electron chi connectivity index (χ4n) is 1.37. The fourth-order valence-corrected chi connectivity index (χ4v) is 1.37. The SMILES string of the molecule is COCCCNCCCC(=O)NC1CC1. The lowest BCUT2D eigenvalue weighted by Crippen LogP contribution is -2.26. The third-order valence-corrected chi connectivity index (χ3v) is 2.40. The first kappa shape index (κ1) is 12.5. The number of rotatable bonds is 9. The molecule has 0 heterocycles. The predicted molar refractivity (Wildman–Crippen MR) is 59.8 cm³/mol. The van der Waals surface area contributed by atoms with Gasteiger partial charge in [-0.15, -0.1) is 0 Å². The Morgan fingerprint density at radius 1 is 1.33 bits per heavy atom. The number of amides is 1. The Labute approximate surface area is 91.8 Å². The molecule has 4 nitrogen and oxygen atoms in total. The second kappa shape index (κ2) is 7.65. The van der Waals surface area contributed by atoms with Gasteiger partial charge in [-0.2, -0.15) is 0 Å². The summed E-state index contributed by atoms with van der Waals surface area (Å²) >= 11 is 0. The first-order valence-electron chi connectivity index (χ1n) is 5.82. The summed E-state index contributed by atoms with van der Waals surface area (Å²) in [6.07, 6.45) is 4.94. The van der Waals surface area contributed by atoms with Crippen LogP contribution in [0.5, 0.6) is 0 Å². The van der Waals surface area contributed by atoms with Crippen molar-refractivity contribution in [1.29, 1.82) is 0 Å². The summed E-state index contributed by atoms with van der Waals surface area (Å²) < 4.78 is 4.93. The van der Waals surface area contributed by atoms with Crippen molar-refractivity contribution in [2.45, 2.75) is 38.1 Å². The highest BCUT2D eigenvalue weighted by Gasteiger charge is 2.22. The van der Waals surface area contributed by atoms with Crippen molar-refractivity contribution in [1.82, 2.24) is 10.6 Å². The van der Waals surface area contributed by atoms with E-state index in [0.29, 0.717) is 12.5 Å². The molecule has 4 heteroatoms. The minimum absolute atomic E-state index is 0.205. The van der Waals surface area contributed by atoms with Gasteiger partial charge in [0.2, 0.25) is 5.91 Å². The summed E-state index contributed by atoms with van der Waals surface area (Å²) in [6.45, 7) is 2.69. The van der Waals surface area contributed by atoms with Crippen molar-refractivity contribution in [2.24, 2.45) is 0 Å². The minimum Gasteiger partial charge on any atom is -0.385 e. The lowest BCUT2D eigenvalue weighted by Gasteiger charge is -2.05. The molecule has 88 valence electrons. The molecule has 1 amide bonds. The Bertz CT molecular complexity index is 181. The van der Waals surface area contributed by atoms with Crippen LogP contribution in [0.3, 0.4) is 0 Å². The van der Waals surface area contributed by atoms with Crippen LogP contribution in [0.4, 0.5) is 0 Å². The summed E-state index contributed by atoms with van der Waals surface area (Å²) in [6, 6.07) is 0.493. The van der Waals surface area contributed by atoms with E-state index in [2.05, 4.69) is 10.6 Å². The van der Waals surface area contributed by atoms with E-state index in [9.17, 15) is 4.79 Å².